The summed E-state index contributed by atoms with van der Waals surface area (Å²) < 4.78 is 19.6. The first-order valence-electron chi connectivity index (χ1n) is 10.3. The number of halogens is 1. The lowest BCUT2D eigenvalue weighted by molar-refractivity contribution is -0.137. The molecule has 0 spiro atoms. The van der Waals surface area contributed by atoms with Crippen molar-refractivity contribution in [2.45, 2.75) is 19.3 Å². The fraction of sp³-hybridized carbons (Fsp3) is 0.143. The first-order chi connectivity index (χ1) is 15.6. The van der Waals surface area contributed by atoms with E-state index in [0.717, 1.165) is 47.6 Å². The fourth-order valence-corrected chi connectivity index (χ4v) is 3.11. The topological polar surface area (TPSA) is 50.1 Å². The standard InChI is InChI=1S/C28H22FNO2/c1-2-28(31)32-18-6-4-3-5-7-21-8-12-23(13-9-21)25-16-17-26(27(29)19-25)24-14-10-22(20-30)11-15-24/h2,8-17,19H,1,3-4,6,18H2. The van der Waals surface area contributed by atoms with Crippen LogP contribution in [0.15, 0.2) is 79.4 Å². The van der Waals surface area contributed by atoms with Crippen LogP contribution in [0.5, 0.6) is 0 Å². The van der Waals surface area contributed by atoms with Crippen molar-refractivity contribution in [3.8, 4) is 40.2 Å². The van der Waals surface area contributed by atoms with Gasteiger partial charge in [-0.15, -0.1) is 0 Å². The second-order valence-electron chi connectivity index (χ2n) is 7.09. The molecule has 3 aromatic rings. The zero-order valence-corrected chi connectivity index (χ0v) is 17.6. The van der Waals surface area contributed by atoms with Gasteiger partial charge in [-0.3, -0.25) is 0 Å². The molecule has 158 valence electrons. The number of carbonyl (C=O) groups excluding carboxylic acids is 1. The monoisotopic (exact) mass is 423 g/mol. The van der Waals surface area contributed by atoms with Crippen molar-refractivity contribution >= 4 is 5.97 Å². The largest absolute Gasteiger partial charge is 0.463 e. The minimum Gasteiger partial charge on any atom is -0.463 e. The average Bonchev–Trinajstić information content (AvgIpc) is 2.83. The first kappa shape index (κ1) is 22.5. The summed E-state index contributed by atoms with van der Waals surface area (Å²) in [5.41, 5.74) is 4.36. The van der Waals surface area contributed by atoms with E-state index in [1.54, 1.807) is 30.3 Å². The summed E-state index contributed by atoms with van der Waals surface area (Å²) in [4.78, 5) is 10.9. The average molecular weight is 423 g/mol. The molecule has 4 heteroatoms. The molecule has 0 heterocycles. The molecule has 32 heavy (non-hydrogen) atoms. The van der Waals surface area contributed by atoms with Gasteiger partial charge in [0.25, 0.3) is 0 Å². The number of hydrogen-bond donors (Lipinski definition) is 0. The van der Waals surface area contributed by atoms with Crippen LogP contribution in [0.4, 0.5) is 4.39 Å². The molecule has 0 N–H and O–H groups in total. The van der Waals surface area contributed by atoms with E-state index in [2.05, 4.69) is 24.5 Å². The normalized spacial score (nSPS) is 9.88. The number of hydrogen-bond acceptors (Lipinski definition) is 3. The Hall–Kier alpha value is -4.15. The zero-order chi connectivity index (χ0) is 22.8. The van der Waals surface area contributed by atoms with Gasteiger partial charge in [-0.05, 0) is 59.9 Å². The van der Waals surface area contributed by atoms with Crippen molar-refractivity contribution in [2.75, 3.05) is 6.61 Å². The van der Waals surface area contributed by atoms with E-state index in [9.17, 15) is 9.18 Å². The van der Waals surface area contributed by atoms with E-state index in [-0.39, 0.29) is 5.82 Å². The Morgan fingerprint density at radius 2 is 1.59 bits per heavy atom. The van der Waals surface area contributed by atoms with Crippen LogP contribution < -0.4 is 0 Å². The van der Waals surface area contributed by atoms with Gasteiger partial charge in [0.2, 0.25) is 0 Å². The first-order valence-corrected chi connectivity index (χ1v) is 10.3. The molecule has 0 aliphatic carbocycles. The molecule has 0 fully saturated rings. The van der Waals surface area contributed by atoms with E-state index < -0.39 is 5.97 Å². The van der Waals surface area contributed by atoms with Crippen molar-refractivity contribution in [1.29, 1.82) is 5.26 Å². The van der Waals surface area contributed by atoms with Gasteiger partial charge in [-0.2, -0.15) is 5.26 Å². The summed E-state index contributed by atoms with van der Waals surface area (Å²) in [7, 11) is 0. The Morgan fingerprint density at radius 3 is 2.25 bits per heavy atom. The zero-order valence-electron chi connectivity index (χ0n) is 17.6. The fourth-order valence-electron chi connectivity index (χ4n) is 3.11. The molecule has 0 bridgehead atoms. The summed E-state index contributed by atoms with van der Waals surface area (Å²) >= 11 is 0. The maximum absolute atomic E-state index is 14.7. The molecular weight excluding hydrogens is 401 g/mol. The Kier molecular flexibility index (Phi) is 7.96. The van der Waals surface area contributed by atoms with Crippen molar-refractivity contribution in [3.05, 3.63) is 96.3 Å². The smallest absolute Gasteiger partial charge is 0.330 e. The Labute approximate surface area is 187 Å². The van der Waals surface area contributed by atoms with E-state index >= 15 is 0 Å². The minimum atomic E-state index is -0.403. The van der Waals surface area contributed by atoms with Crippen LogP contribution in [0.25, 0.3) is 22.3 Å². The van der Waals surface area contributed by atoms with Crippen LogP contribution in [0.3, 0.4) is 0 Å². The van der Waals surface area contributed by atoms with Crippen molar-refractivity contribution < 1.29 is 13.9 Å². The van der Waals surface area contributed by atoms with Gasteiger partial charge < -0.3 is 4.74 Å². The molecular formula is C28H22FNO2. The van der Waals surface area contributed by atoms with Crippen LogP contribution in [0.2, 0.25) is 0 Å². The Balaban J connectivity index is 1.59. The van der Waals surface area contributed by atoms with Crippen molar-refractivity contribution in [1.82, 2.24) is 0 Å². The van der Waals surface area contributed by atoms with E-state index in [4.69, 9.17) is 10.00 Å². The molecule has 0 atom stereocenters. The van der Waals surface area contributed by atoms with Crippen LogP contribution in [0, 0.1) is 29.0 Å². The third kappa shape index (κ3) is 6.17. The van der Waals surface area contributed by atoms with Gasteiger partial charge in [-0.1, -0.05) is 54.8 Å². The molecule has 0 unspecified atom stereocenters. The maximum atomic E-state index is 14.7. The second-order valence-corrected chi connectivity index (χ2v) is 7.09. The molecule has 0 radical (unpaired) electrons. The quantitative estimate of drug-likeness (QED) is 0.194. The molecule has 3 aromatic carbocycles. The van der Waals surface area contributed by atoms with E-state index in [1.807, 2.05) is 30.3 Å². The molecule has 0 aliphatic rings. The number of nitrogens with zero attached hydrogens (tertiary/aromatic N) is 1. The molecule has 0 amide bonds. The van der Waals surface area contributed by atoms with Crippen LogP contribution in [-0.2, 0) is 9.53 Å². The summed E-state index contributed by atoms with van der Waals surface area (Å²) in [5, 5.41) is 8.90. The van der Waals surface area contributed by atoms with Gasteiger partial charge in [-0.25, -0.2) is 9.18 Å². The molecule has 0 aliphatic heterocycles. The number of ether oxygens (including phenoxy) is 1. The summed E-state index contributed by atoms with van der Waals surface area (Å²) in [6, 6.07) is 21.8. The van der Waals surface area contributed by atoms with Gasteiger partial charge in [0, 0.05) is 23.6 Å². The lowest BCUT2D eigenvalue weighted by Gasteiger charge is -2.07. The number of benzene rings is 3. The van der Waals surface area contributed by atoms with E-state index in [1.165, 1.54) is 6.07 Å². The predicted octanol–water partition coefficient (Wildman–Crippen LogP) is 6.28. The highest BCUT2D eigenvalue weighted by Crippen LogP contribution is 2.28. The lowest BCUT2D eigenvalue weighted by atomic mass is 9.98. The molecule has 3 rings (SSSR count). The van der Waals surface area contributed by atoms with Crippen molar-refractivity contribution in [3.63, 3.8) is 0 Å². The summed E-state index contributed by atoms with van der Waals surface area (Å²) in [6.45, 7) is 3.73. The number of carbonyl (C=O) groups is 1. The second kappa shape index (κ2) is 11.3. The third-order valence-electron chi connectivity index (χ3n) is 4.85. The highest BCUT2D eigenvalue weighted by atomic mass is 19.1. The lowest BCUT2D eigenvalue weighted by Crippen LogP contribution is -2.01. The van der Waals surface area contributed by atoms with Crippen LogP contribution >= 0.6 is 0 Å². The molecule has 0 saturated carbocycles. The molecule has 3 nitrogen and oxygen atoms in total. The molecule has 0 saturated heterocycles. The highest BCUT2D eigenvalue weighted by Gasteiger charge is 2.08. The summed E-state index contributed by atoms with van der Waals surface area (Å²) in [6.07, 6.45) is 3.48. The van der Waals surface area contributed by atoms with E-state index in [0.29, 0.717) is 17.7 Å². The van der Waals surface area contributed by atoms with Gasteiger partial charge >= 0.3 is 5.97 Å². The van der Waals surface area contributed by atoms with Crippen LogP contribution in [0.1, 0.15) is 30.4 Å². The Bertz CT molecular complexity index is 1190. The maximum Gasteiger partial charge on any atom is 0.330 e. The van der Waals surface area contributed by atoms with Crippen molar-refractivity contribution in [2.24, 2.45) is 0 Å². The Morgan fingerprint density at radius 1 is 0.938 bits per heavy atom. The number of nitriles is 1. The number of esters is 1. The third-order valence-corrected chi connectivity index (χ3v) is 4.85. The SMILES string of the molecule is C=CC(=O)OCCCCC#Cc1ccc(-c2ccc(-c3ccc(C#N)cc3)c(F)c2)cc1. The number of rotatable bonds is 7. The van der Waals surface area contributed by atoms with Crippen LogP contribution in [-0.4, -0.2) is 12.6 Å². The highest BCUT2D eigenvalue weighted by molar-refractivity contribution is 5.81. The van der Waals surface area contributed by atoms with Gasteiger partial charge in [0.15, 0.2) is 0 Å². The summed E-state index contributed by atoms with van der Waals surface area (Å²) in [5.74, 6) is 5.52. The minimum absolute atomic E-state index is 0.310. The predicted molar refractivity (Wildman–Crippen MR) is 124 cm³/mol. The van der Waals surface area contributed by atoms with Gasteiger partial charge in [0.05, 0.1) is 18.2 Å². The van der Waals surface area contributed by atoms with Gasteiger partial charge in [0.1, 0.15) is 5.82 Å². The molecule has 0 aromatic heterocycles. The number of unbranched alkanes of at least 4 members (excludes halogenated alkanes) is 2.